The first-order chi connectivity index (χ1) is 9.36. The van der Waals surface area contributed by atoms with Crippen LogP contribution in [0.5, 0.6) is 0 Å². The van der Waals surface area contributed by atoms with Crippen molar-refractivity contribution in [3.05, 3.63) is 24.7 Å². The predicted molar refractivity (Wildman–Crippen MR) is 74.1 cm³/mol. The van der Waals surface area contributed by atoms with Crippen LogP contribution in [-0.4, -0.2) is 41.1 Å². The van der Waals surface area contributed by atoms with Crippen molar-refractivity contribution in [2.75, 3.05) is 31.1 Å². The van der Waals surface area contributed by atoms with Gasteiger partial charge in [0.05, 0.1) is 5.39 Å². The van der Waals surface area contributed by atoms with Crippen molar-refractivity contribution in [2.45, 2.75) is 12.8 Å². The molecule has 0 amide bonds. The molecule has 2 aromatic rings. The number of anilines is 1. The zero-order valence-corrected chi connectivity index (χ0v) is 10.8. The lowest BCUT2D eigenvalue weighted by atomic mass is 9.72. The standard InChI is InChI=1S/C14H17N5/c1-2-11-12(16-5-1)17-10-18-13(11)19-8-14(9-19)3-6-15-7-4-14/h1-2,5,10,15H,3-4,6-9H2. The van der Waals surface area contributed by atoms with Gasteiger partial charge in [-0.15, -0.1) is 0 Å². The van der Waals surface area contributed by atoms with Crippen LogP contribution in [0.15, 0.2) is 24.7 Å². The average Bonchev–Trinajstić information content (AvgIpc) is 2.45. The fourth-order valence-electron chi connectivity index (χ4n) is 3.32. The molecular weight excluding hydrogens is 238 g/mol. The van der Waals surface area contributed by atoms with E-state index in [0.717, 1.165) is 43.0 Å². The van der Waals surface area contributed by atoms with E-state index in [1.165, 1.54) is 12.8 Å². The topological polar surface area (TPSA) is 53.9 Å². The van der Waals surface area contributed by atoms with Gasteiger partial charge in [0.25, 0.3) is 0 Å². The Kier molecular flexibility index (Phi) is 2.41. The molecule has 5 heteroatoms. The summed E-state index contributed by atoms with van der Waals surface area (Å²) in [6.45, 7) is 4.55. The number of hydrogen-bond acceptors (Lipinski definition) is 5. The quantitative estimate of drug-likeness (QED) is 0.830. The summed E-state index contributed by atoms with van der Waals surface area (Å²) in [7, 11) is 0. The third-order valence-electron chi connectivity index (χ3n) is 4.40. The molecule has 4 heterocycles. The van der Waals surface area contributed by atoms with Crippen LogP contribution in [0, 0.1) is 5.41 Å². The molecule has 0 unspecified atom stereocenters. The van der Waals surface area contributed by atoms with Gasteiger partial charge in [0.1, 0.15) is 12.1 Å². The van der Waals surface area contributed by atoms with Crippen molar-refractivity contribution >= 4 is 16.9 Å². The highest BCUT2D eigenvalue weighted by atomic mass is 15.3. The summed E-state index contributed by atoms with van der Waals surface area (Å²) in [6, 6.07) is 4.01. The van der Waals surface area contributed by atoms with E-state index >= 15 is 0 Å². The number of hydrogen-bond donors (Lipinski definition) is 1. The van der Waals surface area contributed by atoms with Gasteiger partial charge in [0.2, 0.25) is 0 Å². The minimum atomic E-state index is 0.519. The Morgan fingerprint density at radius 2 is 1.95 bits per heavy atom. The predicted octanol–water partition coefficient (Wildman–Crippen LogP) is 1.21. The highest BCUT2D eigenvalue weighted by Gasteiger charge is 2.44. The number of piperidine rings is 1. The maximum atomic E-state index is 4.47. The fourth-order valence-corrected chi connectivity index (χ4v) is 3.32. The van der Waals surface area contributed by atoms with Crippen LogP contribution in [0.3, 0.4) is 0 Å². The van der Waals surface area contributed by atoms with Gasteiger partial charge >= 0.3 is 0 Å². The monoisotopic (exact) mass is 255 g/mol. The molecule has 2 fully saturated rings. The van der Waals surface area contributed by atoms with Crippen LogP contribution >= 0.6 is 0 Å². The van der Waals surface area contributed by atoms with Crippen LogP contribution in [-0.2, 0) is 0 Å². The molecule has 0 saturated carbocycles. The minimum absolute atomic E-state index is 0.519. The molecule has 19 heavy (non-hydrogen) atoms. The van der Waals surface area contributed by atoms with E-state index in [2.05, 4.69) is 31.2 Å². The zero-order valence-electron chi connectivity index (χ0n) is 10.8. The Morgan fingerprint density at radius 1 is 1.11 bits per heavy atom. The molecule has 5 nitrogen and oxygen atoms in total. The van der Waals surface area contributed by atoms with E-state index in [1.54, 1.807) is 12.5 Å². The second kappa shape index (κ2) is 4.13. The first-order valence-electron chi connectivity index (χ1n) is 6.88. The number of aromatic nitrogens is 3. The number of nitrogens with zero attached hydrogens (tertiary/aromatic N) is 4. The summed E-state index contributed by atoms with van der Waals surface area (Å²) in [5, 5.41) is 4.50. The molecule has 98 valence electrons. The van der Waals surface area contributed by atoms with Gasteiger partial charge < -0.3 is 10.2 Å². The van der Waals surface area contributed by atoms with E-state index in [1.807, 2.05) is 6.07 Å². The summed E-state index contributed by atoms with van der Waals surface area (Å²) < 4.78 is 0. The van der Waals surface area contributed by atoms with Crippen molar-refractivity contribution in [3.63, 3.8) is 0 Å². The largest absolute Gasteiger partial charge is 0.355 e. The molecule has 0 aromatic carbocycles. The molecule has 2 aliphatic heterocycles. The number of fused-ring (bicyclic) bond motifs is 1. The van der Waals surface area contributed by atoms with Gasteiger partial charge in [0, 0.05) is 24.7 Å². The molecule has 0 radical (unpaired) electrons. The molecular formula is C14H17N5. The van der Waals surface area contributed by atoms with E-state index in [-0.39, 0.29) is 0 Å². The van der Waals surface area contributed by atoms with Crippen LogP contribution in [0.25, 0.3) is 11.0 Å². The number of pyridine rings is 1. The summed E-state index contributed by atoms with van der Waals surface area (Å²) in [5.41, 5.74) is 1.31. The maximum Gasteiger partial charge on any atom is 0.164 e. The minimum Gasteiger partial charge on any atom is -0.355 e. The Balaban J connectivity index is 1.63. The second-order valence-electron chi connectivity index (χ2n) is 5.68. The first-order valence-corrected chi connectivity index (χ1v) is 6.88. The summed E-state index contributed by atoms with van der Waals surface area (Å²) in [5.74, 6) is 1.04. The van der Waals surface area contributed by atoms with Gasteiger partial charge in [0.15, 0.2) is 5.65 Å². The molecule has 0 aliphatic carbocycles. The molecule has 2 aliphatic rings. The van der Waals surface area contributed by atoms with Gasteiger partial charge in [-0.05, 0) is 38.1 Å². The van der Waals surface area contributed by atoms with E-state index in [0.29, 0.717) is 5.41 Å². The Hall–Kier alpha value is -1.75. The van der Waals surface area contributed by atoms with Gasteiger partial charge in [-0.3, -0.25) is 0 Å². The Morgan fingerprint density at radius 3 is 2.79 bits per heavy atom. The fraction of sp³-hybridized carbons (Fsp3) is 0.500. The van der Waals surface area contributed by atoms with E-state index in [9.17, 15) is 0 Å². The van der Waals surface area contributed by atoms with E-state index in [4.69, 9.17) is 0 Å². The summed E-state index contributed by atoms with van der Waals surface area (Å²) >= 11 is 0. The molecule has 2 saturated heterocycles. The highest BCUT2D eigenvalue weighted by molar-refractivity contribution is 5.86. The third-order valence-corrected chi connectivity index (χ3v) is 4.40. The molecule has 1 N–H and O–H groups in total. The molecule has 1 spiro atoms. The smallest absolute Gasteiger partial charge is 0.164 e. The normalized spacial score (nSPS) is 21.6. The zero-order chi connectivity index (χ0) is 12.7. The average molecular weight is 255 g/mol. The first kappa shape index (κ1) is 11.1. The highest BCUT2D eigenvalue weighted by Crippen LogP contribution is 2.41. The summed E-state index contributed by atoms with van der Waals surface area (Å²) in [4.78, 5) is 15.4. The molecule has 2 aromatic heterocycles. The lowest BCUT2D eigenvalue weighted by molar-refractivity contribution is 0.149. The second-order valence-corrected chi connectivity index (χ2v) is 5.68. The molecule has 0 bridgehead atoms. The van der Waals surface area contributed by atoms with Crippen molar-refractivity contribution in [1.82, 2.24) is 20.3 Å². The van der Waals surface area contributed by atoms with Crippen LogP contribution in [0.4, 0.5) is 5.82 Å². The van der Waals surface area contributed by atoms with Crippen LogP contribution in [0.1, 0.15) is 12.8 Å². The van der Waals surface area contributed by atoms with Gasteiger partial charge in [-0.2, -0.15) is 0 Å². The van der Waals surface area contributed by atoms with Crippen molar-refractivity contribution < 1.29 is 0 Å². The number of rotatable bonds is 1. The molecule has 4 rings (SSSR count). The SMILES string of the molecule is c1cnc2ncnc(N3CC4(CCNCC4)C3)c2c1. The van der Waals surface area contributed by atoms with E-state index < -0.39 is 0 Å². The van der Waals surface area contributed by atoms with Crippen molar-refractivity contribution in [1.29, 1.82) is 0 Å². The maximum absolute atomic E-state index is 4.47. The van der Waals surface area contributed by atoms with Gasteiger partial charge in [-0.25, -0.2) is 15.0 Å². The van der Waals surface area contributed by atoms with Crippen molar-refractivity contribution in [3.8, 4) is 0 Å². The lowest BCUT2D eigenvalue weighted by Gasteiger charge is -2.53. The third kappa shape index (κ3) is 1.76. The van der Waals surface area contributed by atoms with Crippen LogP contribution < -0.4 is 10.2 Å². The summed E-state index contributed by atoms with van der Waals surface area (Å²) in [6.07, 6.45) is 5.97. The molecule has 0 atom stereocenters. The van der Waals surface area contributed by atoms with Crippen molar-refractivity contribution in [2.24, 2.45) is 5.41 Å². The number of nitrogens with one attached hydrogen (secondary N) is 1. The van der Waals surface area contributed by atoms with Gasteiger partial charge in [-0.1, -0.05) is 0 Å². The Labute approximate surface area is 112 Å². The lowest BCUT2D eigenvalue weighted by Crippen LogP contribution is -2.60. The van der Waals surface area contributed by atoms with Crippen LogP contribution in [0.2, 0.25) is 0 Å². The Bertz CT molecular complexity index is 592.